The topological polar surface area (TPSA) is 55.7 Å². The highest BCUT2D eigenvalue weighted by Crippen LogP contribution is 2.27. The van der Waals surface area contributed by atoms with E-state index in [-0.39, 0.29) is 5.91 Å². The molecule has 1 saturated heterocycles. The average molecular weight is 429 g/mol. The highest BCUT2D eigenvalue weighted by molar-refractivity contribution is 5.77. The molecule has 0 spiro atoms. The van der Waals surface area contributed by atoms with Crippen LogP contribution in [0.5, 0.6) is 17.2 Å². The third kappa shape index (κ3) is 6.04. The van der Waals surface area contributed by atoms with Gasteiger partial charge in [-0.1, -0.05) is 6.07 Å². The Morgan fingerprint density at radius 3 is 2.19 bits per heavy atom. The molecular formula is C24H34N3O4+. The first-order valence-corrected chi connectivity index (χ1v) is 10.7. The Kier molecular flexibility index (Phi) is 8.00. The number of likely N-dealkylation sites (N-methyl/N-ethyl adjacent to an activating group) is 1. The molecule has 0 saturated carbocycles. The zero-order chi connectivity index (χ0) is 22.2. The third-order valence-corrected chi connectivity index (χ3v) is 5.81. The molecule has 31 heavy (non-hydrogen) atoms. The molecule has 1 N–H and O–H groups in total. The number of benzene rings is 2. The molecular weight excluding hydrogens is 394 g/mol. The van der Waals surface area contributed by atoms with Crippen LogP contribution >= 0.6 is 0 Å². The van der Waals surface area contributed by atoms with E-state index in [9.17, 15) is 4.79 Å². The first-order chi connectivity index (χ1) is 15.0. The van der Waals surface area contributed by atoms with Crippen LogP contribution in [-0.4, -0.2) is 78.5 Å². The number of hydrogen-bond donors (Lipinski definition) is 1. The molecule has 3 rings (SSSR count). The Morgan fingerprint density at radius 2 is 1.58 bits per heavy atom. The fourth-order valence-corrected chi connectivity index (χ4v) is 3.86. The standard InChI is InChI=1S/C24H33N3O4/c1-25(12-11-19-5-10-22(30-3)23(17-19)31-4)18-24(28)27-15-13-26(14-16-27)20-6-8-21(29-2)9-7-20/h5-10,17H,11-16,18H2,1-4H3/p+1. The van der Waals surface area contributed by atoms with E-state index >= 15 is 0 Å². The Balaban J connectivity index is 1.44. The summed E-state index contributed by atoms with van der Waals surface area (Å²) in [6.07, 6.45) is 0.880. The van der Waals surface area contributed by atoms with Gasteiger partial charge in [0.25, 0.3) is 5.91 Å². The van der Waals surface area contributed by atoms with Crippen molar-refractivity contribution < 1.29 is 23.9 Å². The number of hydrogen-bond acceptors (Lipinski definition) is 5. The summed E-state index contributed by atoms with van der Waals surface area (Å²) < 4.78 is 15.9. The average Bonchev–Trinajstić information content (AvgIpc) is 2.82. The van der Waals surface area contributed by atoms with Gasteiger partial charge in [0.05, 0.1) is 34.9 Å². The van der Waals surface area contributed by atoms with Gasteiger partial charge in [0.15, 0.2) is 18.0 Å². The zero-order valence-electron chi connectivity index (χ0n) is 19.0. The second-order valence-corrected chi connectivity index (χ2v) is 7.89. The minimum Gasteiger partial charge on any atom is -0.497 e. The molecule has 0 aliphatic carbocycles. The van der Waals surface area contributed by atoms with Crippen molar-refractivity contribution in [3.63, 3.8) is 0 Å². The zero-order valence-corrected chi connectivity index (χ0v) is 19.0. The first-order valence-electron chi connectivity index (χ1n) is 10.7. The maximum absolute atomic E-state index is 12.8. The number of amides is 1. The van der Waals surface area contributed by atoms with Gasteiger partial charge >= 0.3 is 0 Å². The van der Waals surface area contributed by atoms with Crippen LogP contribution in [0.3, 0.4) is 0 Å². The molecule has 0 bridgehead atoms. The van der Waals surface area contributed by atoms with Crippen LogP contribution in [0.2, 0.25) is 0 Å². The predicted octanol–water partition coefficient (Wildman–Crippen LogP) is 1.12. The molecule has 1 fully saturated rings. The quantitative estimate of drug-likeness (QED) is 0.649. The van der Waals surface area contributed by atoms with Crippen LogP contribution < -0.4 is 24.0 Å². The van der Waals surface area contributed by atoms with Gasteiger partial charge < -0.3 is 28.9 Å². The summed E-state index contributed by atoms with van der Waals surface area (Å²) >= 11 is 0. The number of piperazine rings is 1. The van der Waals surface area contributed by atoms with Crippen molar-refractivity contribution in [3.8, 4) is 17.2 Å². The number of ether oxygens (including phenoxy) is 3. The molecule has 1 amide bonds. The van der Waals surface area contributed by atoms with E-state index in [2.05, 4.69) is 30.1 Å². The predicted molar refractivity (Wildman–Crippen MR) is 122 cm³/mol. The summed E-state index contributed by atoms with van der Waals surface area (Å²) in [5, 5.41) is 0. The van der Waals surface area contributed by atoms with E-state index in [1.165, 1.54) is 16.2 Å². The number of methoxy groups -OCH3 is 3. The number of quaternary nitrogens is 1. The summed E-state index contributed by atoms with van der Waals surface area (Å²) in [7, 11) is 7.03. The van der Waals surface area contributed by atoms with Crippen molar-refractivity contribution >= 4 is 11.6 Å². The van der Waals surface area contributed by atoms with Gasteiger partial charge in [-0.25, -0.2) is 0 Å². The smallest absolute Gasteiger partial charge is 0.277 e. The lowest BCUT2D eigenvalue weighted by molar-refractivity contribution is -0.871. The maximum Gasteiger partial charge on any atom is 0.277 e. The van der Waals surface area contributed by atoms with Crippen LogP contribution in [0.15, 0.2) is 42.5 Å². The fraction of sp³-hybridized carbons (Fsp3) is 0.458. The SMILES string of the molecule is COc1ccc(N2CCN(C(=O)C[NH+](C)CCc3ccc(OC)c(OC)c3)CC2)cc1. The van der Waals surface area contributed by atoms with Gasteiger partial charge in [-0.05, 0) is 42.0 Å². The van der Waals surface area contributed by atoms with Crippen LogP contribution in [0.25, 0.3) is 0 Å². The molecule has 1 aliphatic rings. The molecule has 2 aromatic rings. The maximum atomic E-state index is 12.8. The molecule has 0 aromatic heterocycles. The van der Waals surface area contributed by atoms with Crippen LogP contribution in [-0.2, 0) is 11.2 Å². The van der Waals surface area contributed by atoms with Gasteiger partial charge in [0, 0.05) is 38.3 Å². The lowest BCUT2D eigenvalue weighted by Gasteiger charge is -2.36. The molecule has 1 unspecified atom stereocenters. The van der Waals surface area contributed by atoms with Gasteiger partial charge in [-0.2, -0.15) is 0 Å². The normalized spacial score (nSPS) is 14.8. The van der Waals surface area contributed by atoms with Crippen LogP contribution in [0.1, 0.15) is 5.56 Å². The Morgan fingerprint density at radius 1 is 0.903 bits per heavy atom. The summed E-state index contributed by atoms with van der Waals surface area (Å²) in [5.74, 6) is 2.55. The highest BCUT2D eigenvalue weighted by atomic mass is 16.5. The Bertz CT molecular complexity index is 848. The molecule has 7 nitrogen and oxygen atoms in total. The van der Waals surface area contributed by atoms with Crippen molar-refractivity contribution in [3.05, 3.63) is 48.0 Å². The van der Waals surface area contributed by atoms with Crippen molar-refractivity contribution in [2.24, 2.45) is 0 Å². The second-order valence-electron chi connectivity index (χ2n) is 7.89. The summed E-state index contributed by atoms with van der Waals surface area (Å²) in [5.41, 5.74) is 2.35. The molecule has 168 valence electrons. The van der Waals surface area contributed by atoms with E-state index in [0.29, 0.717) is 6.54 Å². The number of anilines is 1. The monoisotopic (exact) mass is 428 g/mol. The molecule has 7 heteroatoms. The molecule has 2 aromatic carbocycles. The van der Waals surface area contributed by atoms with Crippen molar-refractivity contribution in [2.45, 2.75) is 6.42 Å². The van der Waals surface area contributed by atoms with Crippen molar-refractivity contribution in [2.75, 3.05) is 72.5 Å². The van der Waals surface area contributed by atoms with Crippen molar-refractivity contribution in [1.29, 1.82) is 0 Å². The van der Waals surface area contributed by atoms with Crippen LogP contribution in [0.4, 0.5) is 5.69 Å². The minimum absolute atomic E-state index is 0.221. The van der Waals surface area contributed by atoms with E-state index in [4.69, 9.17) is 14.2 Å². The van der Waals surface area contributed by atoms with Gasteiger partial charge in [-0.15, -0.1) is 0 Å². The number of carbonyl (C=O) groups is 1. The van der Waals surface area contributed by atoms with E-state index in [1.807, 2.05) is 29.2 Å². The number of nitrogens with one attached hydrogen (secondary N) is 1. The molecule has 1 heterocycles. The Labute approximate surface area is 185 Å². The summed E-state index contributed by atoms with van der Waals surface area (Å²) in [6, 6.07) is 14.1. The summed E-state index contributed by atoms with van der Waals surface area (Å²) in [6.45, 7) is 4.61. The third-order valence-electron chi connectivity index (χ3n) is 5.81. The van der Waals surface area contributed by atoms with Gasteiger partial charge in [0.2, 0.25) is 0 Å². The fourth-order valence-electron chi connectivity index (χ4n) is 3.86. The molecule has 1 aliphatic heterocycles. The first kappa shape index (κ1) is 22.7. The van der Waals surface area contributed by atoms with Gasteiger partial charge in [-0.3, -0.25) is 4.79 Å². The van der Waals surface area contributed by atoms with E-state index in [1.54, 1.807) is 21.3 Å². The second kappa shape index (κ2) is 10.9. The lowest BCUT2D eigenvalue weighted by atomic mass is 10.1. The highest BCUT2D eigenvalue weighted by Gasteiger charge is 2.23. The Hall–Kier alpha value is -2.93. The molecule has 1 atom stereocenters. The minimum atomic E-state index is 0.221. The number of rotatable bonds is 9. The number of nitrogens with zero attached hydrogens (tertiary/aromatic N) is 2. The largest absolute Gasteiger partial charge is 0.497 e. The summed E-state index contributed by atoms with van der Waals surface area (Å²) in [4.78, 5) is 18.3. The van der Waals surface area contributed by atoms with E-state index < -0.39 is 0 Å². The molecule has 0 radical (unpaired) electrons. The van der Waals surface area contributed by atoms with Crippen molar-refractivity contribution in [1.82, 2.24) is 4.90 Å². The van der Waals surface area contributed by atoms with E-state index in [0.717, 1.165) is 56.4 Å². The van der Waals surface area contributed by atoms with Crippen LogP contribution in [0, 0.1) is 0 Å². The lowest BCUT2D eigenvalue weighted by Crippen LogP contribution is -3.10. The van der Waals surface area contributed by atoms with Gasteiger partial charge in [0.1, 0.15) is 5.75 Å². The number of carbonyl (C=O) groups excluding carboxylic acids is 1.